The van der Waals surface area contributed by atoms with E-state index in [1.54, 1.807) is 0 Å². The zero-order valence-corrected chi connectivity index (χ0v) is 11.4. The minimum absolute atomic E-state index is 0.0639. The molecule has 1 aromatic heterocycles. The summed E-state index contributed by atoms with van der Waals surface area (Å²) in [5.41, 5.74) is 0.762. The Kier molecular flexibility index (Phi) is 4.51. The van der Waals surface area contributed by atoms with Crippen molar-refractivity contribution < 1.29 is 13.3 Å². The summed E-state index contributed by atoms with van der Waals surface area (Å²) in [6.45, 7) is 4.23. The van der Waals surface area contributed by atoms with Gasteiger partial charge in [-0.25, -0.2) is 8.78 Å². The number of hydrogen-bond acceptors (Lipinski definition) is 2. The van der Waals surface area contributed by atoms with E-state index >= 15 is 0 Å². The average Bonchev–Trinajstić information content (AvgIpc) is 2.78. The van der Waals surface area contributed by atoms with Gasteiger partial charge in [0, 0.05) is 12.0 Å². The third kappa shape index (κ3) is 2.94. The first-order chi connectivity index (χ1) is 9.17. The molecule has 0 saturated heterocycles. The van der Waals surface area contributed by atoms with Crippen molar-refractivity contribution in [3.05, 3.63) is 29.5 Å². The summed E-state index contributed by atoms with van der Waals surface area (Å²) in [4.78, 5) is 0. The molecule has 2 rings (SSSR count). The Morgan fingerprint density at radius 2 is 1.95 bits per heavy atom. The highest BCUT2D eigenvalue weighted by Crippen LogP contribution is 2.33. The van der Waals surface area contributed by atoms with Crippen molar-refractivity contribution in [2.75, 3.05) is 0 Å². The fourth-order valence-electron chi connectivity index (χ4n) is 2.50. The van der Waals surface area contributed by atoms with Gasteiger partial charge in [0.05, 0.1) is 11.1 Å². The summed E-state index contributed by atoms with van der Waals surface area (Å²) in [5.74, 6) is -1.05. The lowest BCUT2D eigenvalue weighted by atomic mass is 9.92. The topological polar surface area (TPSA) is 26.0 Å². The van der Waals surface area contributed by atoms with E-state index in [4.69, 9.17) is 4.52 Å². The molecule has 2 aromatic rings. The van der Waals surface area contributed by atoms with Gasteiger partial charge in [0.25, 0.3) is 0 Å². The predicted octanol–water partition coefficient (Wildman–Crippen LogP) is 5.18. The molecular weight excluding hydrogens is 248 g/mol. The van der Waals surface area contributed by atoms with Crippen LogP contribution in [-0.2, 0) is 0 Å². The second-order valence-corrected chi connectivity index (χ2v) is 4.96. The number of rotatable bonds is 6. The molecule has 1 unspecified atom stereocenters. The van der Waals surface area contributed by atoms with Gasteiger partial charge in [-0.1, -0.05) is 38.3 Å². The molecule has 1 atom stereocenters. The summed E-state index contributed by atoms with van der Waals surface area (Å²) in [6, 6.07) is 2.15. The zero-order valence-electron chi connectivity index (χ0n) is 11.4. The van der Waals surface area contributed by atoms with Crippen molar-refractivity contribution in [3.63, 3.8) is 0 Å². The van der Waals surface area contributed by atoms with Gasteiger partial charge >= 0.3 is 0 Å². The summed E-state index contributed by atoms with van der Waals surface area (Å²) in [7, 11) is 0. The van der Waals surface area contributed by atoms with E-state index in [0.717, 1.165) is 38.2 Å². The van der Waals surface area contributed by atoms with Gasteiger partial charge in [-0.15, -0.1) is 0 Å². The van der Waals surface area contributed by atoms with E-state index in [1.807, 2.05) is 0 Å². The number of hydrogen-bond donors (Lipinski definition) is 0. The molecule has 4 heteroatoms. The second kappa shape index (κ2) is 6.13. The van der Waals surface area contributed by atoms with Gasteiger partial charge in [0.15, 0.2) is 5.82 Å². The number of aromatic nitrogens is 1. The Morgan fingerprint density at radius 3 is 2.63 bits per heavy atom. The Labute approximate surface area is 111 Å². The first-order valence-corrected chi connectivity index (χ1v) is 6.91. The van der Waals surface area contributed by atoms with Gasteiger partial charge in [-0.3, -0.25) is 0 Å². The van der Waals surface area contributed by atoms with Gasteiger partial charge in [-0.2, -0.15) is 0 Å². The fraction of sp³-hybridized carbons (Fsp3) is 0.533. The summed E-state index contributed by atoms with van der Waals surface area (Å²) >= 11 is 0. The molecular formula is C15H19F2NO. The molecule has 0 radical (unpaired) electrons. The highest BCUT2D eigenvalue weighted by atomic mass is 19.1. The molecule has 0 aliphatic heterocycles. The van der Waals surface area contributed by atoms with Crippen LogP contribution in [0.1, 0.15) is 57.6 Å². The van der Waals surface area contributed by atoms with Crippen LogP contribution in [0.4, 0.5) is 8.78 Å². The lowest BCUT2D eigenvalue weighted by Gasteiger charge is -2.12. The van der Waals surface area contributed by atoms with Crippen molar-refractivity contribution >= 4 is 11.0 Å². The van der Waals surface area contributed by atoms with E-state index in [9.17, 15) is 8.78 Å². The third-order valence-electron chi connectivity index (χ3n) is 3.45. The Bertz CT molecular complexity index is 550. The first kappa shape index (κ1) is 14.0. The van der Waals surface area contributed by atoms with E-state index in [-0.39, 0.29) is 11.5 Å². The normalized spacial score (nSPS) is 13.1. The Hall–Kier alpha value is -1.45. The minimum atomic E-state index is -0.681. The molecule has 1 aromatic carbocycles. The maximum atomic E-state index is 13.6. The number of unbranched alkanes of at least 4 members (excludes halogenated alkanes) is 1. The molecule has 0 amide bonds. The molecule has 0 aliphatic rings. The lowest BCUT2D eigenvalue weighted by Crippen LogP contribution is -2.00. The Morgan fingerprint density at radius 1 is 1.16 bits per heavy atom. The summed E-state index contributed by atoms with van der Waals surface area (Å²) in [5, 5.41) is 4.47. The zero-order chi connectivity index (χ0) is 13.8. The standard InChI is InChI=1S/C15H19F2NO/c1-3-5-7-10(6-4-2)14-12-8-11(16)9-13(17)15(12)19-18-14/h8-10H,3-7H2,1-2H3. The summed E-state index contributed by atoms with van der Waals surface area (Å²) < 4.78 is 32.0. The van der Waals surface area contributed by atoms with Crippen LogP contribution in [0.3, 0.4) is 0 Å². The second-order valence-electron chi connectivity index (χ2n) is 4.96. The first-order valence-electron chi connectivity index (χ1n) is 6.91. The maximum Gasteiger partial charge on any atom is 0.202 e. The van der Waals surface area contributed by atoms with Gasteiger partial charge < -0.3 is 4.52 Å². The Balaban J connectivity index is 2.41. The van der Waals surface area contributed by atoms with Gasteiger partial charge in [-0.05, 0) is 18.9 Å². The van der Waals surface area contributed by atoms with E-state index in [1.165, 1.54) is 6.07 Å². The van der Waals surface area contributed by atoms with Crippen molar-refractivity contribution in [2.45, 2.75) is 51.9 Å². The number of halogens is 2. The molecule has 19 heavy (non-hydrogen) atoms. The van der Waals surface area contributed by atoms with Crippen molar-refractivity contribution in [1.82, 2.24) is 5.16 Å². The van der Waals surface area contributed by atoms with E-state index < -0.39 is 11.6 Å². The van der Waals surface area contributed by atoms with Crippen LogP contribution in [0.5, 0.6) is 0 Å². The highest BCUT2D eigenvalue weighted by molar-refractivity contribution is 5.80. The molecule has 2 nitrogen and oxygen atoms in total. The van der Waals surface area contributed by atoms with Gasteiger partial charge in [0.2, 0.25) is 5.58 Å². The van der Waals surface area contributed by atoms with Crippen molar-refractivity contribution in [2.24, 2.45) is 0 Å². The third-order valence-corrected chi connectivity index (χ3v) is 3.45. The van der Waals surface area contributed by atoms with E-state index in [2.05, 4.69) is 19.0 Å². The molecule has 0 spiro atoms. The van der Waals surface area contributed by atoms with Crippen LogP contribution in [0, 0.1) is 11.6 Å². The minimum Gasteiger partial charge on any atom is -0.353 e. The quantitative estimate of drug-likeness (QED) is 0.720. The largest absolute Gasteiger partial charge is 0.353 e. The van der Waals surface area contributed by atoms with Crippen LogP contribution in [0.2, 0.25) is 0 Å². The fourth-order valence-corrected chi connectivity index (χ4v) is 2.50. The van der Waals surface area contributed by atoms with Crippen LogP contribution < -0.4 is 0 Å². The maximum absolute atomic E-state index is 13.6. The van der Waals surface area contributed by atoms with Crippen LogP contribution in [-0.4, -0.2) is 5.16 Å². The molecule has 104 valence electrons. The van der Waals surface area contributed by atoms with Crippen LogP contribution >= 0.6 is 0 Å². The van der Waals surface area contributed by atoms with Gasteiger partial charge in [0.1, 0.15) is 5.82 Å². The smallest absolute Gasteiger partial charge is 0.202 e. The molecule has 0 fully saturated rings. The van der Waals surface area contributed by atoms with Crippen LogP contribution in [0.15, 0.2) is 16.7 Å². The lowest BCUT2D eigenvalue weighted by molar-refractivity contribution is 0.413. The molecule has 1 heterocycles. The predicted molar refractivity (Wildman–Crippen MR) is 71.1 cm³/mol. The SMILES string of the molecule is CCCCC(CCC)c1noc2c(F)cc(F)cc12. The number of benzene rings is 1. The summed E-state index contributed by atoms with van der Waals surface area (Å²) in [6.07, 6.45) is 5.12. The number of nitrogens with zero attached hydrogens (tertiary/aromatic N) is 1. The molecule has 0 aliphatic carbocycles. The van der Waals surface area contributed by atoms with Crippen molar-refractivity contribution in [3.8, 4) is 0 Å². The molecule has 0 bridgehead atoms. The van der Waals surface area contributed by atoms with Crippen molar-refractivity contribution in [1.29, 1.82) is 0 Å². The monoisotopic (exact) mass is 267 g/mol. The molecule has 0 N–H and O–H groups in total. The van der Waals surface area contributed by atoms with Crippen LogP contribution in [0.25, 0.3) is 11.0 Å². The molecule has 0 saturated carbocycles. The van der Waals surface area contributed by atoms with E-state index in [0.29, 0.717) is 11.1 Å². The average molecular weight is 267 g/mol. The highest BCUT2D eigenvalue weighted by Gasteiger charge is 2.21. The number of fused-ring (bicyclic) bond motifs is 1.